The molecule has 1 atom stereocenters. The molecule has 3 aromatic rings. The highest BCUT2D eigenvalue weighted by molar-refractivity contribution is 5.20. The minimum atomic E-state index is -0.642. The highest BCUT2D eigenvalue weighted by Crippen LogP contribution is 2.18. The van der Waals surface area contributed by atoms with E-state index in [4.69, 9.17) is 0 Å². The number of rotatable bonds is 7. The van der Waals surface area contributed by atoms with E-state index in [2.05, 4.69) is 4.90 Å². The van der Waals surface area contributed by atoms with Crippen LogP contribution < -0.4 is 0 Å². The molecule has 0 aromatic heterocycles. The van der Waals surface area contributed by atoms with Gasteiger partial charge < -0.3 is 5.11 Å². The summed E-state index contributed by atoms with van der Waals surface area (Å²) in [6.07, 6.45) is -0.642. The van der Waals surface area contributed by atoms with Crippen LogP contribution in [0.4, 0.5) is 8.78 Å². The summed E-state index contributed by atoms with van der Waals surface area (Å²) in [5.74, 6) is -0.550. The molecule has 134 valence electrons. The zero-order chi connectivity index (χ0) is 18.4. The van der Waals surface area contributed by atoms with Crippen molar-refractivity contribution in [1.29, 1.82) is 0 Å². The number of aliphatic hydroxyl groups is 1. The molecule has 0 aliphatic heterocycles. The van der Waals surface area contributed by atoms with Gasteiger partial charge in [0.1, 0.15) is 11.6 Å². The van der Waals surface area contributed by atoms with E-state index in [1.165, 1.54) is 24.3 Å². The van der Waals surface area contributed by atoms with Crippen molar-refractivity contribution in [3.63, 3.8) is 0 Å². The molecule has 1 N–H and O–H groups in total. The van der Waals surface area contributed by atoms with Gasteiger partial charge in [0.05, 0.1) is 6.10 Å². The number of halogens is 2. The van der Waals surface area contributed by atoms with Gasteiger partial charge in [0.25, 0.3) is 0 Å². The summed E-state index contributed by atoms with van der Waals surface area (Å²) in [6.45, 7) is 1.53. The minimum Gasteiger partial charge on any atom is -0.387 e. The molecule has 3 rings (SSSR count). The Balaban J connectivity index is 1.75. The topological polar surface area (TPSA) is 23.5 Å². The highest BCUT2D eigenvalue weighted by atomic mass is 19.1. The largest absolute Gasteiger partial charge is 0.387 e. The fourth-order valence-electron chi connectivity index (χ4n) is 2.91. The summed E-state index contributed by atoms with van der Waals surface area (Å²) in [4.78, 5) is 2.07. The van der Waals surface area contributed by atoms with Gasteiger partial charge >= 0.3 is 0 Å². The molecule has 2 nitrogen and oxygen atoms in total. The third-order valence-electron chi connectivity index (χ3n) is 4.25. The monoisotopic (exact) mass is 353 g/mol. The van der Waals surface area contributed by atoms with E-state index < -0.39 is 6.10 Å². The van der Waals surface area contributed by atoms with E-state index >= 15 is 0 Å². The third kappa shape index (κ3) is 5.22. The quantitative estimate of drug-likeness (QED) is 0.665. The summed E-state index contributed by atoms with van der Waals surface area (Å²) < 4.78 is 26.3. The predicted octanol–water partition coefficient (Wildman–Crippen LogP) is 4.70. The first-order valence-corrected chi connectivity index (χ1v) is 8.54. The van der Waals surface area contributed by atoms with Crippen molar-refractivity contribution in [2.24, 2.45) is 0 Å². The van der Waals surface area contributed by atoms with Gasteiger partial charge in [-0.05, 0) is 41.0 Å². The fourth-order valence-corrected chi connectivity index (χ4v) is 2.91. The molecule has 26 heavy (non-hydrogen) atoms. The standard InChI is InChI=1S/C22H21F2NO/c23-20-10-6-17(7-11-20)14-25(15-18-8-12-21(24)13-9-18)16-22(26)19-4-2-1-3-5-19/h1-13,22,26H,14-16H2. The molecule has 0 aliphatic rings. The van der Waals surface area contributed by atoms with Gasteiger partial charge in [0.15, 0.2) is 0 Å². The lowest BCUT2D eigenvalue weighted by Gasteiger charge is -2.25. The van der Waals surface area contributed by atoms with Crippen LogP contribution in [0.5, 0.6) is 0 Å². The Kier molecular flexibility index (Phi) is 6.10. The van der Waals surface area contributed by atoms with Gasteiger partial charge in [-0.3, -0.25) is 4.90 Å². The maximum Gasteiger partial charge on any atom is 0.123 e. The van der Waals surface area contributed by atoms with Crippen LogP contribution in [0.1, 0.15) is 22.8 Å². The van der Waals surface area contributed by atoms with Crippen LogP contribution in [-0.2, 0) is 13.1 Å². The van der Waals surface area contributed by atoms with Crippen LogP contribution in [-0.4, -0.2) is 16.6 Å². The molecule has 0 saturated heterocycles. The molecule has 0 radical (unpaired) electrons. The van der Waals surface area contributed by atoms with Gasteiger partial charge in [-0.25, -0.2) is 8.78 Å². The smallest absolute Gasteiger partial charge is 0.123 e. The Bertz CT molecular complexity index is 756. The van der Waals surface area contributed by atoms with Crippen molar-refractivity contribution < 1.29 is 13.9 Å². The number of nitrogens with zero attached hydrogens (tertiary/aromatic N) is 1. The van der Waals surface area contributed by atoms with E-state index in [0.29, 0.717) is 19.6 Å². The molecule has 3 aromatic carbocycles. The Morgan fingerprint density at radius 2 is 1.15 bits per heavy atom. The van der Waals surface area contributed by atoms with Gasteiger partial charge in [-0.1, -0.05) is 54.6 Å². The molecule has 4 heteroatoms. The predicted molar refractivity (Wildman–Crippen MR) is 98.3 cm³/mol. The SMILES string of the molecule is OC(CN(Cc1ccc(F)cc1)Cc1ccc(F)cc1)c1ccccc1. The molecular formula is C22H21F2NO. The Hall–Kier alpha value is -2.56. The zero-order valence-electron chi connectivity index (χ0n) is 14.4. The minimum absolute atomic E-state index is 0.275. The van der Waals surface area contributed by atoms with Crippen molar-refractivity contribution in [2.75, 3.05) is 6.54 Å². The van der Waals surface area contributed by atoms with Gasteiger partial charge in [0.2, 0.25) is 0 Å². The van der Waals surface area contributed by atoms with E-state index in [1.54, 1.807) is 24.3 Å². The van der Waals surface area contributed by atoms with E-state index in [0.717, 1.165) is 16.7 Å². The maximum atomic E-state index is 13.2. The van der Waals surface area contributed by atoms with Crippen LogP contribution in [0.2, 0.25) is 0 Å². The van der Waals surface area contributed by atoms with Crippen molar-refractivity contribution in [3.8, 4) is 0 Å². The molecule has 0 spiro atoms. The second-order valence-electron chi connectivity index (χ2n) is 6.35. The molecular weight excluding hydrogens is 332 g/mol. The lowest BCUT2D eigenvalue weighted by atomic mass is 10.1. The molecule has 0 amide bonds. The number of hydrogen-bond donors (Lipinski definition) is 1. The summed E-state index contributed by atoms with van der Waals surface area (Å²) in [6, 6.07) is 22.1. The first-order valence-electron chi connectivity index (χ1n) is 8.54. The van der Waals surface area contributed by atoms with Gasteiger partial charge in [-0.15, -0.1) is 0 Å². The first-order chi connectivity index (χ1) is 12.6. The van der Waals surface area contributed by atoms with E-state index in [9.17, 15) is 13.9 Å². The van der Waals surface area contributed by atoms with Gasteiger partial charge in [0, 0.05) is 19.6 Å². The Morgan fingerprint density at radius 3 is 1.62 bits per heavy atom. The maximum absolute atomic E-state index is 13.2. The molecule has 0 fully saturated rings. The Morgan fingerprint density at radius 1 is 0.692 bits per heavy atom. The zero-order valence-corrected chi connectivity index (χ0v) is 14.4. The lowest BCUT2D eigenvalue weighted by molar-refractivity contribution is 0.105. The summed E-state index contributed by atoms with van der Waals surface area (Å²) in [7, 11) is 0. The average Bonchev–Trinajstić information content (AvgIpc) is 2.66. The van der Waals surface area contributed by atoms with E-state index in [-0.39, 0.29) is 11.6 Å². The van der Waals surface area contributed by atoms with Crippen LogP contribution in [0.15, 0.2) is 78.9 Å². The second-order valence-corrected chi connectivity index (χ2v) is 6.35. The number of aliphatic hydroxyl groups excluding tert-OH is 1. The van der Waals surface area contributed by atoms with Crippen LogP contribution in [0, 0.1) is 11.6 Å². The molecule has 0 bridgehead atoms. The second kappa shape index (κ2) is 8.70. The van der Waals surface area contributed by atoms with E-state index in [1.807, 2.05) is 30.3 Å². The third-order valence-corrected chi connectivity index (χ3v) is 4.25. The van der Waals surface area contributed by atoms with Gasteiger partial charge in [-0.2, -0.15) is 0 Å². The van der Waals surface area contributed by atoms with Crippen LogP contribution >= 0.6 is 0 Å². The first kappa shape index (κ1) is 18.2. The Labute approximate surface area is 152 Å². The number of hydrogen-bond acceptors (Lipinski definition) is 2. The van der Waals surface area contributed by atoms with Crippen molar-refractivity contribution in [3.05, 3.63) is 107 Å². The summed E-state index contributed by atoms with van der Waals surface area (Å²) in [5, 5.41) is 10.6. The van der Waals surface area contributed by atoms with Crippen LogP contribution in [0.3, 0.4) is 0 Å². The summed E-state index contributed by atoms with van der Waals surface area (Å²) >= 11 is 0. The van der Waals surface area contributed by atoms with Crippen molar-refractivity contribution in [2.45, 2.75) is 19.2 Å². The molecule has 0 aliphatic carbocycles. The number of benzene rings is 3. The molecule has 0 saturated carbocycles. The van der Waals surface area contributed by atoms with Crippen molar-refractivity contribution in [1.82, 2.24) is 4.90 Å². The summed E-state index contributed by atoms with van der Waals surface area (Å²) in [5.41, 5.74) is 2.75. The molecule has 0 heterocycles. The molecule has 1 unspecified atom stereocenters. The fraction of sp³-hybridized carbons (Fsp3) is 0.182. The normalized spacial score (nSPS) is 12.3. The average molecular weight is 353 g/mol. The highest BCUT2D eigenvalue weighted by Gasteiger charge is 2.15. The van der Waals surface area contributed by atoms with Crippen LogP contribution in [0.25, 0.3) is 0 Å². The lowest BCUT2D eigenvalue weighted by Crippen LogP contribution is -2.28. The van der Waals surface area contributed by atoms with Crippen molar-refractivity contribution >= 4 is 0 Å².